The van der Waals surface area contributed by atoms with Gasteiger partial charge >= 0.3 is 5.97 Å². The molecule has 0 spiro atoms. The summed E-state index contributed by atoms with van der Waals surface area (Å²) in [4.78, 5) is 37.7. The van der Waals surface area contributed by atoms with E-state index in [0.29, 0.717) is 34.0 Å². The van der Waals surface area contributed by atoms with E-state index in [-0.39, 0.29) is 42.6 Å². The number of allylic oxidation sites excluding steroid dienone is 3. The summed E-state index contributed by atoms with van der Waals surface area (Å²) in [7, 11) is 1.50. The quantitative estimate of drug-likeness (QED) is 0.254. The molecular formula is C26H25ClN2O6. The topological polar surface area (TPSA) is 108 Å². The van der Waals surface area contributed by atoms with Crippen LogP contribution in [0, 0.1) is 10.1 Å². The third-order valence-electron chi connectivity index (χ3n) is 6.33. The summed E-state index contributed by atoms with van der Waals surface area (Å²) in [5.41, 5.74) is 3.15. The lowest BCUT2D eigenvalue weighted by molar-refractivity contribution is -0.384. The minimum absolute atomic E-state index is 0.0439. The summed E-state index contributed by atoms with van der Waals surface area (Å²) in [5.74, 6) is -1.66. The molecule has 0 radical (unpaired) electrons. The molecule has 0 saturated heterocycles. The van der Waals surface area contributed by atoms with Crippen molar-refractivity contribution >= 4 is 29.0 Å². The van der Waals surface area contributed by atoms with Gasteiger partial charge in [-0.25, -0.2) is 4.79 Å². The number of nitrogens with one attached hydrogen (secondary N) is 1. The summed E-state index contributed by atoms with van der Waals surface area (Å²) in [5, 5.41) is 15.3. The van der Waals surface area contributed by atoms with Gasteiger partial charge in [-0.15, -0.1) is 0 Å². The second-order valence-electron chi connectivity index (χ2n) is 8.52. The third-order valence-corrected chi connectivity index (χ3v) is 6.67. The summed E-state index contributed by atoms with van der Waals surface area (Å²) >= 11 is 6.41. The second kappa shape index (κ2) is 10.4. The molecule has 0 unspecified atom stereocenters. The third kappa shape index (κ3) is 4.99. The number of ketones is 1. The molecule has 1 N–H and O–H groups in total. The van der Waals surface area contributed by atoms with E-state index in [4.69, 9.17) is 21.1 Å². The van der Waals surface area contributed by atoms with Gasteiger partial charge in [0.15, 0.2) is 5.78 Å². The van der Waals surface area contributed by atoms with E-state index in [9.17, 15) is 19.7 Å². The summed E-state index contributed by atoms with van der Waals surface area (Å²) < 4.78 is 10.4. The normalized spacial score (nSPS) is 19.8. The Morgan fingerprint density at radius 3 is 2.66 bits per heavy atom. The largest absolute Gasteiger partial charge is 0.460 e. The van der Waals surface area contributed by atoms with Gasteiger partial charge in [0, 0.05) is 53.6 Å². The number of Topliss-reactive ketones (excluding diaryl/α,β-unsaturated/α-hetero) is 1. The Bertz CT molecular complexity index is 1250. The average Bonchev–Trinajstić information content (AvgIpc) is 2.83. The number of halogens is 1. The van der Waals surface area contributed by atoms with Crippen LogP contribution in [0.25, 0.3) is 0 Å². The molecule has 1 aliphatic heterocycles. The van der Waals surface area contributed by atoms with E-state index in [1.54, 1.807) is 25.1 Å². The Kier molecular flexibility index (Phi) is 7.33. The van der Waals surface area contributed by atoms with E-state index >= 15 is 0 Å². The number of carbonyl (C=O) groups is 2. The molecule has 182 valence electrons. The Labute approximate surface area is 207 Å². The minimum atomic E-state index is -0.791. The van der Waals surface area contributed by atoms with Gasteiger partial charge in [-0.05, 0) is 36.5 Å². The average molecular weight is 497 g/mol. The van der Waals surface area contributed by atoms with Crippen LogP contribution in [0.4, 0.5) is 5.69 Å². The number of nitrogens with zero attached hydrogens (tertiary/aromatic N) is 1. The number of nitro benzene ring substituents is 1. The maximum absolute atomic E-state index is 13.6. The van der Waals surface area contributed by atoms with Gasteiger partial charge in [0.1, 0.15) is 6.61 Å². The van der Waals surface area contributed by atoms with Crippen LogP contribution in [0.5, 0.6) is 0 Å². The highest BCUT2D eigenvalue weighted by Crippen LogP contribution is 2.46. The molecule has 2 atom stereocenters. The van der Waals surface area contributed by atoms with Crippen LogP contribution in [0.1, 0.15) is 42.7 Å². The van der Waals surface area contributed by atoms with Gasteiger partial charge in [-0.1, -0.05) is 41.9 Å². The minimum Gasteiger partial charge on any atom is -0.460 e. The number of nitro groups is 1. The molecule has 35 heavy (non-hydrogen) atoms. The zero-order chi connectivity index (χ0) is 25.1. The van der Waals surface area contributed by atoms with Crippen molar-refractivity contribution in [1.82, 2.24) is 5.32 Å². The van der Waals surface area contributed by atoms with Crippen LogP contribution in [0.15, 0.2) is 71.1 Å². The molecule has 9 heteroatoms. The molecule has 0 fully saturated rings. The number of hydrogen-bond donors (Lipinski definition) is 1. The van der Waals surface area contributed by atoms with Gasteiger partial charge in [0.05, 0.1) is 17.1 Å². The Morgan fingerprint density at radius 1 is 1.17 bits per heavy atom. The first-order chi connectivity index (χ1) is 16.8. The van der Waals surface area contributed by atoms with Crippen LogP contribution >= 0.6 is 11.6 Å². The van der Waals surface area contributed by atoms with Gasteiger partial charge in [-0.2, -0.15) is 0 Å². The fourth-order valence-corrected chi connectivity index (χ4v) is 5.07. The summed E-state index contributed by atoms with van der Waals surface area (Å²) in [6.07, 6.45) is 0.723. The lowest BCUT2D eigenvalue weighted by Gasteiger charge is -2.36. The zero-order valence-corrected chi connectivity index (χ0v) is 20.1. The van der Waals surface area contributed by atoms with Crippen molar-refractivity contribution in [3.63, 3.8) is 0 Å². The number of dihydropyridines is 1. The van der Waals surface area contributed by atoms with Crippen molar-refractivity contribution in [1.29, 1.82) is 0 Å². The van der Waals surface area contributed by atoms with Crippen molar-refractivity contribution in [3.8, 4) is 0 Å². The summed E-state index contributed by atoms with van der Waals surface area (Å²) in [6, 6.07) is 13.5. The smallest absolute Gasteiger partial charge is 0.336 e. The SMILES string of the molecule is COCCOC(=O)C1=C(C)NC2=C(C(=O)C[C@H](c3ccccc3Cl)C2)[C@@H]1c1cccc([N+](=O)[O-])c1. The first-order valence-electron chi connectivity index (χ1n) is 11.2. The van der Waals surface area contributed by atoms with Gasteiger partial charge in [0.25, 0.3) is 5.69 Å². The fourth-order valence-electron chi connectivity index (χ4n) is 4.78. The maximum atomic E-state index is 13.6. The molecule has 1 aliphatic carbocycles. The summed E-state index contributed by atoms with van der Waals surface area (Å²) in [6.45, 7) is 2.01. The van der Waals surface area contributed by atoms with E-state index in [1.165, 1.54) is 19.2 Å². The standard InChI is InChI=1S/C26H25ClN2O6/c1-15-23(26(31)35-11-10-34-2)24(16-6-5-7-18(12-16)29(32)33)25-21(28-15)13-17(14-22(25)30)19-8-3-4-9-20(19)27/h3-9,12,17,24,28H,10-11,13-14H2,1-2H3/t17-,24-/m1/s1. The molecule has 0 amide bonds. The number of rotatable bonds is 7. The van der Waals surface area contributed by atoms with Crippen molar-refractivity contribution in [2.75, 3.05) is 20.3 Å². The van der Waals surface area contributed by atoms with E-state index in [1.807, 2.05) is 18.2 Å². The maximum Gasteiger partial charge on any atom is 0.336 e. The predicted molar refractivity (Wildman–Crippen MR) is 130 cm³/mol. The van der Waals surface area contributed by atoms with Gasteiger partial charge < -0.3 is 14.8 Å². The van der Waals surface area contributed by atoms with Crippen LogP contribution in [-0.4, -0.2) is 37.0 Å². The number of methoxy groups -OCH3 is 1. The molecular weight excluding hydrogens is 472 g/mol. The molecule has 0 saturated carbocycles. The zero-order valence-electron chi connectivity index (χ0n) is 19.4. The second-order valence-corrected chi connectivity index (χ2v) is 8.93. The molecule has 1 heterocycles. The molecule has 0 bridgehead atoms. The lowest BCUT2D eigenvalue weighted by atomic mass is 9.71. The Hall–Kier alpha value is -3.49. The van der Waals surface area contributed by atoms with Crippen molar-refractivity contribution < 1.29 is 24.0 Å². The fraction of sp³-hybridized carbons (Fsp3) is 0.308. The molecule has 8 nitrogen and oxygen atoms in total. The first kappa shape index (κ1) is 24.6. The molecule has 0 aromatic heterocycles. The number of esters is 1. The van der Waals surface area contributed by atoms with Gasteiger partial charge in [-0.3, -0.25) is 14.9 Å². The highest BCUT2D eigenvalue weighted by molar-refractivity contribution is 6.31. The van der Waals surface area contributed by atoms with Crippen LogP contribution < -0.4 is 5.32 Å². The molecule has 2 aromatic rings. The highest BCUT2D eigenvalue weighted by atomic mass is 35.5. The predicted octanol–water partition coefficient (Wildman–Crippen LogP) is 4.80. The molecule has 2 aromatic carbocycles. The van der Waals surface area contributed by atoms with Gasteiger partial charge in [0.2, 0.25) is 0 Å². The number of hydrogen-bond acceptors (Lipinski definition) is 7. The van der Waals surface area contributed by atoms with Crippen LogP contribution in [0.2, 0.25) is 5.02 Å². The van der Waals surface area contributed by atoms with Crippen molar-refractivity contribution in [2.45, 2.75) is 31.6 Å². The van der Waals surface area contributed by atoms with Crippen molar-refractivity contribution in [3.05, 3.63) is 97.3 Å². The number of carbonyl (C=O) groups excluding carboxylic acids is 2. The monoisotopic (exact) mass is 496 g/mol. The van der Waals surface area contributed by atoms with Crippen LogP contribution in [0.3, 0.4) is 0 Å². The Morgan fingerprint density at radius 2 is 1.94 bits per heavy atom. The Balaban J connectivity index is 1.79. The molecule has 4 rings (SSSR count). The van der Waals surface area contributed by atoms with E-state index in [0.717, 1.165) is 5.56 Å². The number of non-ortho nitro benzene ring substituents is 1. The lowest BCUT2D eigenvalue weighted by Crippen LogP contribution is -2.36. The van der Waals surface area contributed by atoms with E-state index in [2.05, 4.69) is 5.32 Å². The van der Waals surface area contributed by atoms with Crippen LogP contribution in [-0.2, 0) is 19.1 Å². The first-order valence-corrected chi connectivity index (χ1v) is 11.6. The highest BCUT2D eigenvalue weighted by Gasteiger charge is 2.42. The van der Waals surface area contributed by atoms with Crippen molar-refractivity contribution in [2.24, 2.45) is 0 Å². The number of benzene rings is 2. The van der Waals surface area contributed by atoms with E-state index < -0.39 is 16.8 Å². The molecule has 2 aliphatic rings. The number of ether oxygens (including phenoxy) is 2.